The second-order valence-corrected chi connectivity index (χ2v) is 4.07. The van der Waals surface area contributed by atoms with Gasteiger partial charge in [0.1, 0.15) is 13.2 Å². The number of morpholine rings is 1. The Morgan fingerprint density at radius 2 is 1.79 bits per heavy atom. The summed E-state index contributed by atoms with van der Waals surface area (Å²) >= 11 is 0. The molecule has 1 saturated heterocycles. The SMILES string of the molecule is NCC#Cc1ccc(CN2C(=O)COCC2=O)cc1. The number of hydrogen-bond acceptors (Lipinski definition) is 4. The molecule has 19 heavy (non-hydrogen) atoms. The van der Waals surface area contributed by atoms with Crippen LogP contribution in [0.15, 0.2) is 24.3 Å². The van der Waals surface area contributed by atoms with Gasteiger partial charge in [-0.25, -0.2) is 0 Å². The van der Waals surface area contributed by atoms with E-state index < -0.39 is 0 Å². The summed E-state index contributed by atoms with van der Waals surface area (Å²) in [6.07, 6.45) is 0. The first-order valence-electron chi connectivity index (χ1n) is 5.89. The maximum Gasteiger partial charge on any atom is 0.255 e. The summed E-state index contributed by atoms with van der Waals surface area (Å²) in [7, 11) is 0. The van der Waals surface area contributed by atoms with Crippen LogP contribution in [0.4, 0.5) is 0 Å². The molecule has 2 rings (SSSR count). The van der Waals surface area contributed by atoms with Crippen molar-refractivity contribution < 1.29 is 14.3 Å². The lowest BCUT2D eigenvalue weighted by molar-refractivity contribution is -0.159. The fraction of sp³-hybridized carbons (Fsp3) is 0.286. The number of benzene rings is 1. The maximum absolute atomic E-state index is 11.6. The first-order valence-corrected chi connectivity index (χ1v) is 5.89. The van der Waals surface area contributed by atoms with Crippen LogP contribution in [-0.4, -0.2) is 36.5 Å². The highest BCUT2D eigenvalue weighted by Gasteiger charge is 2.26. The zero-order valence-electron chi connectivity index (χ0n) is 10.4. The molecule has 0 aliphatic carbocycles. The molecule has 0 bridgehead atoms. The van der Waals surface area contributed by atoms with Crippen molar-refractivity contribution in [1.29, 1.82) is 0 Å². The molecule has 98 valence electrons. The monoisotopic (exact) mass is 258 g/mol. The number of hydrogen-bond donors (Lipinski definition) is 1. The minimum atomic E-state index is -0.303. The van der Waals surface area contributed by atoms with Gasteiger partial charge in [-0.1, -0.05) is 24.0 Å². The van der Waals surface area contributed by atoms with E-state index in [2.05, 4.69) is 11.8 Å². The normalized spacial score (nSPS) is 15.1. The number of rotatable bonds is 2. The zero-order chi connectivity index (χ0) is 13.7. The molecule has 0 aromatic heterocycles. The summed E-state index contributed by atoms with van der Waals surface area (Å²) in [5.74, 6) is 5.07. The maximum atomic E-state index is 11.6. The van der Waals surface area contributed by atoms with Gasteiger partial charge in [0, 0.05) is 5.56 Å². The van der Waals surface area contributed by atoms with Gasteiger partial charge >= 0.3 is 0 Å². The van der Waals surface area contributed by atoms with Crippen LogP contribution >= 0.6 is 0 Å². The van der Waals surface area contributed by atoms with Gasteiger partial charge < -0.3 is 10.5 Å². The predicted molar refractivity (Wildman–Crippen MR) is 68.8 cm³/mol. The Morgan fingerprint density at radius 3 is 2.37 bits per heavy atom. The Labute approximate surface area is 111 Å². The molecular weight excluding hydrogens is 244 g/mol. The number of ether oxygens (including phenoxy) is 1. The van der Waals surface area contributed by atoms with Gasteiger partial charge in [0.15, 0.2) is 0 Å². The van der Waals surface area contributed by atoms with Crippen LogP contribution in [0, 0.1) is 11.8 Å². The van der Waals surface area contributed by atoms with Crippen LogP contribution in [0.25, 0.3) is 0 Å². The summed E-state index contributed by atoms with van der Waals surface area (Å²) in [4.78, 5) is 24.3. The van der Waals surface area contributed by atoms with Crippen LogP contribution in [0.1, 0.15) is 11.1 Å². The predicted octanol–water partition coefficient (Wildman–Crippen LogP) is -0.118. The van der Waals surface area contributed by atoms with E-state index in [4.69, 9.17) is 10.5 Å². The zero-order valence-corrected chi connectivity index (χ0v) is 10.4. The number of amides is 2. The van der Waals surface area contributed by atoms with E-state index in [9.17, 15) is 9.59 Å². The van der Waals surface area contributed by atoms with E-state index in [1.807, 2.05) is 24.3 Å². The number of carbonyl (C=O) groups excluding carboxylic acids is 2. The minimum absolute atomic E-state index is 0.0359. The number of nitrogens with zero attached hydrogens (tertiary/aromatic N) is 1. The van der Waals surface area contributed by atoms with E-state index in [0.717, 1.165) is 11.1 Å². The van der Waals surface area contributed by atoms with E-state index in [0.29, 0.717) is 6.54 Å². The molecule has 0 radical (unpaired) electrons. The lowest BCUT2D eigenvalue weighted by atomic mass is 10.1. The molecular formula is C14H14N2O3. The Kier molecular flexibility index (Phi) is 4.29. The highest BCUT2D eigenvalue weighted by molar-refractivity contribution is 5.98. The van der Waals surface area contributed by atoms with Crippen molar-refractivity contribution in [3.05, 3.63) is 35.4 Å². The van der Waals surface area contributed by atoms with Gasteiger partial charge in [-0.15, -0.1) is 0 Å². The van der Waals surface area contributed by atoms with Crippen LogP contribution in [0.5, 0.6) is 0 Å². The summed E-state index contributed by atoms with van der Waals surface area (Å²) in [5.41, 5.74) is 7.03. The Balaban J connectivity index is 2.06. The molecule has 1 aromatic rings. The van der Waals surface area contributed by atoms with Gasteiger partial charge in [-0.05, 0) is 17.7 Å². The summed E-state index contributed by atoms with van der Waals surface area (Å²) in [5, 5.41) is 0. The van der Waals surface area contributed by atoms with Crippen molar-refractivity contribution >= 4 is 11.8 Å². The summed E-state index contributed by atoms with van der Waals surface area (Å²) in [6, 6.07) is 7.37. The molecule has 0 saturated carbocycles. The highest BCUT2D eigenvalue weighted by atomic mass is 16.5. The Bertz CT molecular complexity index is 524. The van der Waals surface area contributed by atoms with Gasteiger partial charge in [-0.2, -0.15) is 0 Å². The van der Waals surface area contributed by atoms with Crippen LogP contribution < -0.4 is 5.73 Å². The van der Waals surface area contributed by atoms with E-state index in [1.165, 1.54) is 4.90 Å². The largest absolute Gasteiger partial charge is 0.362 e. The van der Waals surface area contributed by atoms with Crippen molar-refractivity contribution in [3.8, 4) is 11.8 Å². The Hall–Kier alpha value is -2.16. The van der Waals surface area contributed by atoms with Crippen LogP contribution in [0.2, 0.25) is 0 Å². The second kappa shape index (κ2) is 6.14. The topological polar surface area (TPSA) is 72.6 Å². The average molecular weight is 258 g/mol. The smallest absolute Gasteiger partial charge is 0.255 e. The number of nitrogens with two attached hydrogens (primary N) is 1. The summed E-state index contributed by atoms with van der Waals surface area (Å²) < 4.78 is 4.85. The van der Waals surface area contributed by atoms with E-state index in [1.54, 1.807) is 0 Å². The molecule has 1 aromatic carbocycles. The second-order valence-electron chi connectivity index (χ2n) is 4.07. The highest BCUT2D eigenvalue weighted by Crippen LogP contribution is 2.10. The molecule has 2 amide bonds. The summed E-state index contributed by atoms with van der Waals surface area (Å²) in [6.45, 7) is 0.516. The molecule has 0 atom stereocenters. The number of imide groups is 1. The third kappa shape index (κ3) is 3.41. The Morgan fingerprint density at radius 1 is 1.16 bits per heavy atom. The van der Waals surface area contributed by atoms with Gasteiger partial charge in [0.25, 0.3) is 11.8 Å². The molecule has 5 nitrogen and oxygen atoms in total. The third-order valence-electron chi connectivity index (χ3n) is 2.68. The minimum Gasteiger partial charge on any atom is -0.362 e. The fourth-order valence-corrected chi connectivity index (χ4v) is 1.73. The van der Waals surface area contributed by atoms with E-state index >= 15 is 0 Å². The average Bonchev–Trinajstić information content (AvgIpc) is 2.42. The quantitative estimate of drug-likeness (QED) is 0.593. The van der Waals surface area contributed by atoms with Crippen LogP contribution in [0.3, 0.4) is 0 Å². The van der Waals surface area contributed by atoms with Crippen molar-refractivity contribution in [2.75, 3.05) is 19.8 Å². The number of carbonyl (C=O) groups is 2. The van der Waals surface area contributed by atoms with Gasteiger partial charge in [0.2, 0.25) is 0 Å². The molecule has 1 heterocycles. The molecule has 1 aliphatic rings. The van der Waals surface area contributed by atoms with Crippen molar-refractivity contribution in [2.24, 2.45) is 5.73 Å². The van der Waals surface area contributed by atoms with Crippen LogP contribution in [-0.2, 0) is 20.9 Å². The molecule has 2 N–H and O–H groups in total. The fourth-order valence-electron chi connectivity index (χ4n) is 1.73. The van der Waals surface area contributed by atoms with Crippen molar-refractivity contribution in [3.63, 3.8) is 0 Å². The first-order chi connectivity index (χ1) is 9.20. The lowest BCUT2D eigenvalue weighted by Crippen LogP contribution is -2.45. The third-order valence-corrected chi connectivity index (χ3v) is 2.68. The van der Waals surface area contributed by atoms with Gasteiger partial charge in [0.05, 0.1) is 13.1 Å². The van der Waals surface area contributed by atoms with Crippen molar-refractivity contribution in [1.82, 2.24) is 4.90 Å². The first kappa shape index (κ1) is 13.3. The van der Waals surface area contributed by atoms with Crippen molar-refractivity contribution in [2.45, 2.75) is 6.54 Å². The molecule has 1 aliphatic heterocycles. The molecule has 5 heteroatoms. The molecule has 1 fully saturated rings. The van der Waals surface area contributed by atoms with E-state index in [-0.39, 0.29) is 31.6 Å². The standard InChI is InChI=1S/C14H14N2O3/c15-7-1-2-11-3-5-12(6-4-11)8-16-13(17)9-19-10-14(16)18/h3-6H,7-10,15H2. The molecule has 0 unspecified atom stereocenters. The molecule has 0 spiro atoms. The van der Waals surface area contributed by atoms with Gasteiger partial charge in [-0.3, -0.25) is 14.5 Å². The lowest BCUT2D eigenvalue weighted by Gasteiger charge is -2.24.